The number of hydrogen-bond donors (Lipinski definition) is 0. The van der Waals surface area contributed by atoms with Gasteiger partial charge in [-0.1, -0.05) is 0 Å². The highest BCUT2D eigenvalue weighted by atomic mass is 16.5. The number of methoxy groups -OCH3 is 1. The Hall–Kier alpha value is -2.04. The van der Waals surface area contributed by atoms with E-state index in [-0.39, 0.29) is 11.9 Å². The fourth-order valence-electron chi connectivity index (χ4n) is 3.07. The van der Waals surface area contributed by atoms with Gasteiger partial charge in [-0.05, 0) is 49.4 Å². The number of anilines is 1. The largest absolute Gasteiger partial charge is 0.465 e. The quantitative estimate of drug-likeness (QED) is 0.800. The summed E-state index contributed by atoms with van der Waals surface area (Å²) >= 11 is 0. The maximum Gasteiger partial charge on any atom is 0.337 e. The summed E-state index contributed by atoms with van der Waals surface area (Å²) in [6.45, 7) is 3.11. The minimum Gasteiger partial charge on any atom is -0.465 e. The highest BCUT2D eigenvalue weighted by molar-refractivity contribution is 5.90. The van der Waals surface area contributed by atoms with Gasteiger partial charge in [0.25, 0.3) is 0 Å². The molecule has 0 atom stereocenters. The van der Waals surface area contributed by atoms with Gasteiger partial charge < -0.3 is 14.5 Å². The van der Waals surface area contributed by atoms with Crippen molar-refractivity contribution in [2.75, 3.05) is 38.2 Å². The lowest BCUT2D eigenvalue weighted by Crippen LogP contribution is -2.47. The summed E-state index contributed by atoms with van der Waals surface area (Å²) in [5.41, 5.74) is 2.80. The summed E-state index contributed by atoms with van der Waals surface area (Å²) in [7, 11) is 1.39. The first-order valence-corrected chi connectivity index (χ1v) is 7.93. The average Bonchev–Trinajstić information content (AvgIpc) is 2.66. The second-order valence-electron chi connectivity index (χ2n) is 5.95. The summed E-state index contributed by atoms with van der Waals surface area (Å²) in [4.78, 5) is 28.0. The highest BCUT2D eigenvalue weighted by Crippen LogP contribution is 2.28. The van der Waals surface area contributed by atoms with Crippen LogP contribution in [-0.4, -0.2) is 50.1 Å². The van der Waals surface area contributed by atoms with Gasteiger partial charge in [-0.2, -0.15) is 0 Å². The molecule has 2 heterocycles. The smallest absolute Gasteiger partial charge is 0.337 e. The monoisotopic (exact) mass is 302 g/mol. The second-order valence-corrected chi connectivity index (χ2v) is 5.95. The first-order valence-electron chi connectivity index (χ1n) is 7.93. The van der Waals surface area contributed by atoms with Crippen molar-refractivity contribution in [2.24, 2.45) is 0 Å². The number of ether oxygens (including phenoxy) is 1. The molecule has 5 nitrogen and oxygen atoms in total. The number of aryl methyl sites for hydroxylation is 1. The van der Waals surface area contributed by atoms with Gasteiger partial charge in [0.2, 0.25) is 5.91 Å². The van der Waals surface area contributed by atoms with E-state index < -0.39 is 0 Å². The SMILES string of the molecule is COC(=O)c1ccc2c(c1)CCCCN2CC(=O)N1CCC1. The fourth-order valence-corrected chi connectivity index (χ4v) is 3.07. The van der Waals surface area contributed by atoms with Gasteiger partial charge >= 0.3 is 5.97 Å². The van der Waals surface area contributed by atoms with Crippen LogP contribution in [0, 0.1) is 0 Å². The van der Waals surface area contributed by atoms with Crippen LogP contribution in [0.3, 0.4) is 0 Å². The Morgan fingerprint density at radius 2 is 1.95 bits per heavy atom. The molecule has 0 unspecified atom stereocenters. The summed E-state index contributed by atoms with van der Waals surface area (Å²) in [5.74, 6) is -0.105. The lowest BCUT2D eigenvalue weighted by molar-refractivity contribution is -0.133. The van der Waals surface area contributed by atoms with Crippen molar-refractivity contribution >= 4 is 17.6 Å². The first-order chi connectivity index (χ1) is 10.7. The van der Waals surface area contributed by atoms with Crippen LogP contribution in [0.1, 0.15) is 35.2 Å². The van der Waals surface area contributed by atoms with Crippen molar-refractivity contribution in [3.05, 3.63) is 29.3 Å². The number of carbonyl (C=O) groups excluding carboxylic acids is 2. The van der Waals surface area contributed by atoms with Gasteiger partial charge in [-0.3, -0.25) is 4.79 Å². The molecule has 0 saturated carbocycles. The molecule has 118 valence electrons. The van der Waals surface area contributed by atoms with Crippen molar-refractivity contribution in [1.29, 1.82) is 0 Å². The molecule has 22 heavy (non-hydrogen) atoms. The van der Waals surface area contributed by atoms with E-state index >= 15 is 0 Å². The number of fused-ring (bicyclic) bond motifs is 1. The Morgan fingerprint density at radius 1 is 1.14 bits per heavy atom. The molecule has 1 aromatic carbocycles. The molecular weight excluding hydrogens is 280 g/mol. The molecule has 2 aliphatic rings. The number of amides is 1. The molecule has 0 radical (unpaired) electrons. The van der Waals surface area contributed by atoms with Gasteiger partial charge in [0.15, 0.2) is 0 Å². The van der Waals surface area contributed by atoms with Crippen LogP contribution in [0.25, 0.3) is 0 Å². The molecule has 3 rings (SSSR count). The molecule has 0 spiro atoms. The molecule has 0 aliphatic carbocycles. The minimum atomic E-state index is -0.310. The van der Waals surface area contributed by atoms with E-state index in [1.807, 2.05) is 17.0 Å². The van der Waals surface area contributed by atoms with Crippen LogP contribution >= 0.6 is 0 Å². The Morgan fingerprint density at radius 3 is 2.64 bits per heavy atom. The minimum absolute atomic E-state index is 0.205. The molecule has 1 fully saturated rings. The third-order valence-electron chi connectivity index (χ3n) is 4.50. The van der Waals surface area contributed by atoms with Crippen molar-refractivity contribution in [3.8, 4) is 0 Å². The summed E-state index contributed by atoms with van der Waals surface area (Å²) in [6.07, 6.45) is 4.20. The van der Waals surface area contributed by atoms with E-state index in [2.05, 4.69) is 4.90 Å². The highest BCUT2D eigenvalue weighted by Gasteiger charge is 2.24. The van der Waals surface area contributed by atoms with Crippen LogP contribution in [-0.2, 0) is 16.0 Å². The summed E-state index contributed by atoms with van der Waals surface area (Å²) < 4.78 is 4.79. The van der Waals surface area contributed by atoms with E-state index in [1.54, 1.807) is 6.07 Å². The van der Waals surface area contributed by atoms with E-state index in [4.69, 9.17) is 4.74 Å². The molecule has 1 saturated heterocycles. The van der Waals surface area contributed by atoms with Crippen molar-refractivity contribution in [2.45, 2.75) is 25.7 Å². The maximum atomic E-state index is 12.2. The average molecular weight is 302 g/mol. The van der Waals surface area contributed by atoms with Gasteiger partial charge in [0.05, 0.1) is 19.2 Å². The van der Waals surface area contributed by atoms with Crippen molar-refractivity contribution in [3.63, 3.8) is 0 Å². The zero-order chi connectivity index (χ0) is 15.5. The van der Waals surface area contributed by atoms with Crippen LogP contribution in [0.2, 0.25) is 0 Å². The number of esters is 1. The zero-order valence-electron chi connectivity index (χ0n) is 13.0. The van der Waals surface area contributed by atoms with Gasteiger partial charge in [-0.25, -0.2) is 4.79 Å². The molecule has 1 amide bonds. The lowest BCUT2D eigenvalue weighted by atomic mass is 10.0. The molecule has 0 aromatic heterocycles. The third kappa shape index (κ3) is 2.93. The van der Waals surface area contributed by atoms with Gasteiger partial charge in [0.1, 0.15) is 0 Å². The summed E-state index contributed by atoms with van der Waals surface area (Å²) in [6, 6.07) is 5.65. The second kappa shape index (κ2) is 6.38. The van der Waals surface area contributed by atoms with Crippen LogP contribution in [0.5, 0.6) is 0 Å². The number of rotatable bonds is 3. The first kappa shape index (κ1) is 14.9. The Balaban J connectivity index is 1.81. The van der Waals surface area contributed by atoms with Crippen molar-refractivity contribution in [1.82, 2.24) is 4.90 Å². The predicted octanol–water partition coefficient (Wildman–Crippen LogP) is 1.85. The normalized spacial score (nSPS) is 17.3. The zero-order valence-corrected chi connectivity index (χ0v) is 13.0. The maximum absolute atomic E-state index is 12.2. The van der Waals surface area contributed by atoms with Crippen LogP contribution in [0.4, 0.5) is 5.69 Å². The third-order valence-corrected chi connectivity index (χ3v) is 4.50. The molecule has 2 aliphatic heterocycles. The fraction of sp³-hybridized carbons (Fsp3) is 0.529. The standard InChI is InChI=1S/C17H22N2O3/c1-22-17(21)14-6-7-15-13(11-14)5-2-3-8-19(15)12-16(20)18-9-4-10-18/h6-7,11H,2-5,8-10,12H2,1H3. The van der Waals surface area contributed by atoms with E-state index in [1.165, 1.54) is 7.11 Å². The van der Waals surface area contributed by atoms with Gasteiger partial charge in [0, 0.05) is 25.3 Å². The Bertz CT molecular complexity index is 581. The van der Waals surface area contributed by atoms with Crippen LogP contribution < -0.4 is 4.90 Å². The summed E-state index contributed by atoms with van der Waals surface area (Å²) in [5, 5.41) is 0. The van der Waals surface area contributed by atoms with E-state index in [0.29, 0.717) is 12.1 Å². The van der Waals surface area contributed by atoms with Crippen LogP contribution in [0.15, 0.2) is 18.2 Å². The molecule has 0 bridgehead atoms. The molecule has 5 heteroatoms. The number of carbonyl (C=O) groups is 2. The van der Waals surface area contributed by atoms with Crippen molar-refractivity contribution < 1.29 is 14.3 Å². The Labute approximate surface area is 130 Å². The Kier molecular flexibility index (Phi) is 4.32. The molecular formula is C17H22N2O3. The van der Waals surface area contributed by atoms with E-state index in [9.17, 15) is 9.59 Å². The number of likely N-dealkylation sites (tertiary alicyclic amines) is 1. The van der Waals surface area contributed by atoms with E-state index in [0.717, 1.165) is 56.6 Å². The number of hydrogen-bond acceptors (Lipinski definition) is 4. The lowest BCUT2D eigenvalue weighted by Gasteiger charge is -2.34. The molecule has 1 aromatic rings. The number of nitrogens with zero attached hydrogens (tertiary/aromatic N) is 2. The van der Waals surface area contributed by atoms with Gasteiger partial charge in [-0.15, -0.1) is 0 Å². The predicted molar refractivity (Wildman–Crippen MR) is 84.1 cm³/mol. The number of benzene rings is 1. The topological polar surface area (TPSA) is 49.9 Å². The molecule has 0 N–H and O–H groups in total.